The molecule has 136 valence electrons. The van der Waals surface area contributed by atoms with Crippen LogP contribution >= 0.6 is 23.1 Å². The lowest BCUT2D eigenvalue weighted by Gasteiger charge is -2.17. The summed E-state index contributed by atoms with van der Waals surface area (Å²) in [5, 5.41) is 4.95. The molecule has 0 aliphatic rings. The van der Waals surface area contributed by atoms with Gasteiger partial charge in [0, 0.05) is 26.0 Å². The molecule has 0 saturated heterocycles. The maximum atomic E-state index is 12.5. The van der Waals surface area contributed by atoms with Crippen molar-refractivity contribution in [2.45, 2.75) is 31.5 Å². The molecule has 1 amide bonds. The molecule has 3 rings (SSSR count). The summed E-state index contributed by atoms with van der Waals surface area (Å²) in [5.41, 5.74) is 3.57. The molecule has 6 heteroatoms. The number of rotatable bonds is 7. The van der Waals surface area contributed by atoms with Crippen LogP contribution in [0.2, 0.25) is 0 Å². The third-order valence-corrected chi connectivity index (χ3v) is 5.86. The highest BCUT2D eigenvalue weighted by molar-refractivity contribution is 7.99. The van der Waals surface area contributed by atoms with Gasteiger partial charge in [-0.05, 0) is 39.9 Å². The zero-order valence-electron chi connectivity index (χ0n) is 15.3. The van der Waals surface area contributed by atoms with E-state index in [1.165, 1.54) is 22.9 Å². The van der Waals surface area contributed by atoms with Gasteiger partial charge in [-0.1, -0.05) is 43.8 Å². The van der Waals surface area contributed by atoms with Crippen LogP contribution in [0.5, 0.6) is 0 Å². The van der Waals surface area contributed by atoms with Crippen molar-refractivity contribution in [3.8, 4) is 5.69 Å². The van der Waals surface area contributed by atoms with Crippen LogP contribution in [-0.4, -0.2) is 33.2 Å². The largest absolute Gasteiger partial charge is 0.341 e. The summed E-state index contributed by atoms with van der Waals surface area (Å²) in [4.78, 5) is 18.7. The quantitative estimate of drug-likeness (QED) is 0.548. The lowest BCUT2D eigenvalue weighted by atomic mass is 10.0. The molecule has 0 bridgehead atoms. The summed E-state index contributed by atoms with van der Waals surface area (Å²) >= 11 is 3.13. The normalized spacial score (nSPS) is 11.1. The molecule has 0 unspecified atom stereocenters. The molecule has 1 aromatic carbocycles. The number of hydrogen-bond acceptors (Lipinski definition) is 4. The molecule has 3 aromatic rings. The average Bonchev–Trinajstić information content (AvgIpc) is 3.31. The Morgan fingerprint density at radius 1 is 1.31 bits per heavy atom. The molecule has 26 heavy (non-hydrogen) atoms. The molecule has 0 aliphatic carbocycles. The van der Waals surface area contributed by atoms with Crippen LogP contribution in [0.25, 0.3) is 5.69 Å². The van der Waals surface area contributed by atoms with Crippen molar-refractivity contribution >= 4 is 29.0 Å². The number of thiophene rings is 1. The number of carbonyl (C=O) groups is 1. The Labute approximate surface area is 162 Å². The van der Waals surface area contributed by atoms with E-state index < -0.39 is 0 Å². The van der Waals surface area contributed by atoms with Gasteiger partial charge in [-0.3, -0.25) is 9.36 Å². The van der Waals surface area contributed by atoms with E-state index in [1.54, 1.807) is 22.4 Å². The van der Waals surface area contributed by atoms with Crippen LogP contribution in [0.1, 0.15) is 30.9 Å². The number of hydrogen-bond donors (Lipinski definition) is 0. The van der Waals surface area contributed by atoms with E-state index in [2.05, 4.69) is 53.0 Å². The first kappa shape index (κ1) is 18.7. The van der Waals surface area contributed by atoms with Gasteiger partial charge in [-0.15, -0.1) is 0 Å². The molecule has 0 aliphatic heterocycles. The molecule has 0 saturated carbocycles. The van der Waals surface area contributed by atoms with Gasteiger partial charge in [-0.25, -0.2) is 4.98 Å². The maximum absolute atomic E-state index is 12.5. The number of thioether (sulfide) groups is 1. The van der Waals surface area contributed by atoms with Crippen molar-refractivity contribution in [3.05, 3.63) is 64.6 Å². The Balaban J connectivity index is 1.69. The topological polar surface area (TPSA) is 38.1 Å². The Morgan fingerprint density at radius 2 is 2.12 bits per heavy atom. The molecule has 0 spiro atoms. The summed E-state index contributed by atoms with van der Waals surface area (Å²) in [6.45, 7) is 5.02. The maximum Gasteiger partial charge on any atom is 0.233 e. The van der Waals surface area contributed by atoms with Crippen molar-refractivity contribution in [1.82, 2.24) is 14.5 Å². The second-order valence-corrected chi connectivity index (χ2v) is 8.19. The first-order valence-corrected chi connectivity index (χ1v) is 10.5. The van der Waals surface area contributed by atoms with Crippen LogP contribution in [-0.2, 0) is 11.3 Å². The highest BCUT2D eigenvalue weighted by Crippen LogP contribution is 2.27. The molecular formula is C20H23N3OS2. The summed E-state index contributed by atoms with van der Waals surface area (Å²) < 4.78 is 2.08. The SMILES string of the molecule is CC(C)c1ccccc1-n1ccnc1SCC(=O)N(C)Cc1ccsc1. The molecule has 2 aromatic heterocycles. The lowest BCUT2D eigenvalue weighted by molar-refractivity contribution is -0.127. The van der Waals surface area contributed by atoms with Crippen molar-refractivity contribution in [2.75, 3.05) is 12.8 Å². The second kappa shape index (κ2) is 8.56. The molecule has 0 N–H and O–H groups in total. The van der Waals surface area contributed by atoms with Crippen LogP contribution in [0.15, 0.2) is 58.6 Å². The number of benzene rings is 1. The second-order valence-electron chi connectivity index (χ2n) is 6.46. The first-order valence-electron chi connectivity index (χ1n) is 8.56. The standard InChI is InChI=1S/C20H23N3OS2/c1-15(2)17-6-4-5-7-18(17)23-10-9-21-20(23)26-14-19(24)22(3)12-16-8-11-25-13-16/h4-11,13,15H,12,14H2,1-3H3. The van der Waals surface area contributed by atoms with Gasteiger partial charge < -0.3 is 4.90 Å². The molecule has 4 nitrogen and oxygen atoms in total. The number of nitrogens with zero attached hydrogens (tertiary/aromatic N) is 3. The van der Waals surface area contributed by atoms with Crippen molar-refractivity contribution in [1.29, 1.82) is 0 Å². The monoisotopic (exact) mass is 385 g/mol. The Bertz CT molecular complexity index is 856. The van der Waals surface area contributed by atoms with Gasteiger partial charge in [0.25, 0.3) is 0 Å². The summed E-state index contributed by atoms with van der Waals surface area (Å²) in [5.74, 6) is 0.902. The average molecular weight is 386 g/mol. The van der Waals surface area contributed by atoms with Gasteiger partial charge in [0.2, 0.25) is 5.91 Å². The summed E-state index contributed by atoms with van der Waals surface area (Å²) in [6.07, 6.45) is 3.75. The van der Waals surface area contributed by atoms with E-state index in [1.807, 2.05) is 24.7 Å². The summed E-state index contributed by atoms with van der Waals surface area (Å²) in [6, 6.07) is 10.4. The molecular weight excluding hydrogens is 362 g/mol. The zero-order chi connectivity index (χ0) is 18.5. The number of aromatic nitrogens is 2. The number of amides is 1. The molecule has 0 atom stereocenters. The van der Waals surface area contributed by atoms with E-state index in [4.69, 9.17) is 0 Å². The van der Waals surface area contributed by atoms with Gasteiger partial charge in [0.15, 0.2) is 5.16 Å². The van der Waals surface area contributed by atoms with Gasteiger partial charge in [0.05, 0.1) is 11.4 Å². The van der Waals surface area contributed by atoms with Gasteiger partial charge in [0.1, 0.15) is 0 Å². The van der Waals surface area contributed by atoms with Gasteiger partial charge >= 0.3 is 0 Å². The van der Waals surface area contributed by atoms with Crippen LogP contribution in [0, 0.1) is 0 Å². The van der Waals surface area contributed by atoms with Crippen LogP contribution in [0.3, 0.4) is 0 Å². The zero-order valence-corrected chi connectivity index (χ0v) is 16.9. The first-order chi connectivity index (χ1) is 12.6. The van der Waals surface area contributed by atoms with E-state index in [-0.39, 0.29) is 5.91 Å². The highest BCUT2D eigenvalue weighted by atomic mass is 32.2. The smallest absolute Gasteiger partial charge is 0.233 e. The fraction of sp³-hybridized carbons (Fsp3) is 0.300. The number of imidazole rings is 1. The molecule has 2 heterocycles. The van der Waals surface area contributed by atoms with Crippen LogP contribution in [0.4, 0.5) is 0 Å². The third kappa shape index (κ3) is 4.37. The van der Waals surface area contributed by atoms with E-state index >= 15 is 0 Å². The lowest BCUT2D eigenvalue weighted by Crippen LogP contribution is -2.27. The van der Waals surface area contributed by atoms with Crippen molar-refractivity contribution in [3.63, 3.8) is 0 Å². The van der Waals surface area contributed by atoms with E-state index in [9.17, 15) is 4.79 Å². The molecule has 0 radical (unpaired) electrons. The fourth-order valence-corrected chi connectivity index (χ4v) is 4.32. The minimum Gasteiger partial charge on any atom is -0.341 e. The summed E-state index contributed by atoms with van der Waals surface area (Å²) in [7, 11) is 1.85. The fourth-order valence-electron chi connectivity index (χ4n) is 2.76. The predicted octanol–water partition coefficient (Wildman–Crippen LogP) is 4.81. The number of para-hydroxylation sites is 1. The van der Waals surface area contributed by atoms with Crippen molar-refractivity contribution < 1.29 is 4.79 Å². The predicted molar refractivity (Wildman–Crippen MR) is 109 cm³/mol. The third-order valence-electron chi connectivity index (χ3n) is 4.18. The van der Waals surface area contributed by atoms with E-state index in [0.717, 1.165) is 10.8 Å². The highest BCUT2D eigenvalue weighted by Gasteiger charge is 2.15. The number of carbonyl (C=O) groups excluding carboxylic acids is 1. The van der Waals surface area contributed by atoms with Crippen LogP contribution < -0.4 is 0 Å². The molecule has 0 fully saturated rings. The Kier molecular flexibility index (Phi) is 6.16. The minimum atomic E-state index is 0.105. The van der Waals surface area contributed by atoms with E-state index in [0.29, 0.717) is 18.2 Å². The Morgan fingerprint density at radius 3 is 2.85 bits per heavy atom. The minimum absolute atomic E-state index is 0.105. The van der Waals surface area contributed by atoms with Crippen molar-refractivity contribution in [2.24, 2.45) is 0 Å². The Hall–Kier alpha value is -2.05. The van der Waals surface area contributed by atoms with Gasteiger partial charge in [-0.2, -0.15) is 11.3 Å².